The van der Waals surface area contributed by atoms with Crippen LogP contribution in [0, 0.1) is 11.3 Å². The Kier molecular flexibility index (Phi) is 6.40. The lowest BCUT2D eigenvalue weighted by molar-refractivity contribution is 0.0948. The number of methoxy groups -OCH3 is 1. The molecule has 0 saturated carbocycles. The molecule has 1 rings (SSSR count). The first-order valence-corrected chi connectivity index (χ1v) is 5.62. The molecule has 6 nitrogen and oxygen atoms in total. The van der Waals surface area contributed by atoms with Gasteiger partial charge >= 0.3 is 0 Å². The lowest BCUT2D eigenvalue weighted by Crippen LogP contribution is -2.33. The molecule has 0 saturated heterocycles. The average molecular weight is 248 g/mol. The summed E-state index contributed by atoms with van der Waals surface area (Å²) in [5, 5.41) is 14.4. The van der Waals surface area contributed by atoms with Gasteiger partial charge in [0.05, 0.1) is 12.2 Å². The van der Waals surface area contributed by atoms with E-state index >= 15 is 0 Å². The molecule has 0 aliphatic carbocycles. The molecular weight excluding hydrogens is 232 g/mol. The van der Waals surface area contributed by atoms with Crippen LogP contribution in [0.25, 0.3) is 0 Å². The molecule has 0 aromatic carbocycles. The SMILES string of the molecule is COCCNCCNC(=O)c1ccc(C#N)cn1. The van der Waals surface area contributed by atoms with Gasteiger partial charge in [0.1, 0.15) is 11.8 Å². The Bertz CT molecular complexity index is 411. The van der Waals surface area contributed by atoms with Crippen molar-refractivity contribution in [2.75, 3.05) is 33.4 Å². The lowest BCUT2D eigenvalue weighted by atomic mass is 10.2. The zero-order valence-electron chi connectivity index (χ0n) is 10.3. The predicted molar refractivity (Wildman–Crippen MR) is 66.0 cm³/mol. The Hall–Kier alpha value is -1.97. The molecule has 0 unspecified atom stereocenters. The highest BCUT2D eigenvalue weighted by Gasteiger charge is 2.05. The third-order valence-electron chi connectivity index (χ3n) is 2.20. The van der Waals surface area contributed by atoms with E-state index in [-0.39, 0.29) is 5.91 Å². The van der Waals surface area contributed by atoms with E-state index < -0.39 is 0 Å². The summed E-state index contributed by atoms with van der Waals surface area (Å²) < 4.78 is 4.87. The van der Waals surface area contributed by atoms with Crippen LogP contribution in [-0.2, 0) is 4.74 Å². The van der Waals surface area contributed by atoms with Gasteiger partial charge in [0, 0.05) is 32.9 Å². The van der Waals surface area contributed by atoms with Gasteiger partial charge in [-0.3, -0.25) is 4.79 Å². The molecule has 0 atom stereocenters. The van der Waals surface area contributed by atoms with Crippen LogP contribution in [0.2, 0.25) is 0 Å². The van der Waals surface area contributed by atoms with Gasteiger partial charge in [-0.15, -0.1) is 0 Å². The monoisotopic (exact) mass is 248 g/mol. The van der Waals surface area contributed by atoms with Gasteiger partial charge in [-0.2, -0.15) is 5.26 Å². The minimum Gasteiger partial charge on any atom is -0.383 e. The minimum atomic E-state index is -0.243. The first kappa shape index (κ1) is 14.1. The zero-order chi connectivity index (χ0) is 13.2. The normalized spacial score (nSPS) is 9.78. The molecule has 0 aliphatic heterocycles. The number of hydrogen-bond acceptors (Lipinski definition) is 5. The second kappa shape index (κ2) is 8.17. The van der Waals surface area contributed by atoms with Crippen LogP contribution in [-0.4, -0.2) is 44.2 Å². The summed E-state index contributed by atoms with van der Waals surface area (Å²) in [6.07, 6.45) is 1.38. The summed E-state index contributed by atoms with van der Waals surface area (Å²) in [5.74, 6) is -0.243. The van der Waals surface area contributed by atoms with E-state index in [0.717, 1.165) is 6.54 Å². The Morgan fingerprint density at radius 1 is 1.44 bits per heavy atom. The first-order chi connectivity index (χ1) is 8.77. The second-order valence-corrected chi connectivity index (χ2v) is 3.54. The molecule has 1 amide bonds. The molecule has 96 valence electrons. The summed E-state index contributed by atoms with van der Waals surface area (Å²) in [6.45, 7) is 2.59. The van der Waals surface area contributed by atoms with Gasteiger partial charge in [0.2, 0.25) is 0 Å². The van der Waals surface area contributed by atoms with Crippen LogP contribution in [0.1, 0.15) is 16.1 Å². The van der Waals surface area contributed by atoms with Crippen molar-refractivity contribution in [3.8, 4) is 6.07 Å². The number of nitrogens with zero attached hydrogens (tertiary/aromatic N) is 2. The van der Waals surface area contributed by atoms with E-state index in [4.69, 9.17) is 10.00 Å². The summed E-state index contributed by atoms with van der Waals surface area (Å²) in [5.41, 5.74) is 0.749. The van der Waals surface area contributed by atoms with Gasteiger partial charge in [-0.25, -0.2) is 4.98 Å². The molecule has 0 aliphatic rings. The molecule has 1 heterocycles. The van der Waals surface area contributed by atoms with Crippen molar-refractivity contribution in [3.05, 3.63) is 29.6 Å². The third kappa shape index (κ3) is 4.91. The zero-order valence-corrected chi connectivity index (χ0v) is 10.3. The van der Waals surface area contributed by atoms with Crippen molar-refractivity contribution < 1.29 is 9.53 Å². The quantitative estimate of drug-likeness (QED) is 0.659. The van der Waals surface area contributed by atoms with Crippen LogP contribution < -0.4 is 10.6 Å². The van der Waals surface area contributed by atoms with Gasteiger partial charge in [0.25, 0.3) is 5.91 Å². The van der Waals surface area contributed by atoms with E-state index in [1.807, 2.05) is 6.07 Å². The topological polar surface area (TPSA) is 87.0 Å². The van der Waals surface area contributed by atoms with E-state index in [9.17, 15) is 4.79 Å². The number of nitrogens with one attached hydrogen (secondary N) is 2. The van der Waals surface area contributed by atoms with Gasteiger partial charge in [0.15, 0.2) is 0 Å². The van der Waals surface area contributed by atoms with Crippen LogP contribution in [0.15, 0.2) is 18.3 Å². The number of pyridine rings is 1. The molecule has 0 bridgehead atoms. The summed E-state index contributed by atoms with van der Waals surface area (Å²) in [4.78, 5) is 15.5. The van der Waals surface area contributed by atoms with Gasteiger partial charge in [-0.05, 0) is 12.1 Å². The molecule has 18 heavy (non-hydrogen) atoms. The number of amides is 1. The molecule has 1 aromatic heterocycles. The maximum Gasteiger partial charge on any atom is 0.269 e. The van der Waals surface area contributed by atoms with Crippen LogP contribution in [0.3, 0.4) is 0 Å². The fourth-order valence-corrected chi connectivity index (χ4v) is 1.25. The molecule has 0 radical (unpaired) electrons. The largest absolute Gasteiger partial charge is 0.383 e. The van der Waals surface area contributed by atoms with Crippen molar-refractivity contribution in [3.63, 3.8) is 0 Å². The molecule has 6 heteroatoms. The molecule has 0 spiro atoms. The molecule has 2 N–H and O–H groups in total. The van der Waals surface area contributed by atoms with Gasteiger partial charge in [-0.1, -0.05) is 0 Å². The highest BCUT2D eigenvalue weighted by atomic mass is 16.5. The van der Waals surface area contributed by atoms with Crippen LogP contribution in [0.4, 0.5) is 0 Å². The second-order valence-electron chi connectivity index (χ2n) is 3.54. The Labute approximate surface area is 106 Å². The Morgan fingerprint density at radius 3 is 2.89 bits per heavy atom. The maximum absolute atomic E-state index is 11.6. The van der Waals surface area contributed by atoms with Crippen molar-refractivity contribution >= 4 is 5.91 Å². The summed E-state index contributed by atoms with van der Waals surface area (Å²) in [6, 6.07) is 5.05. The van der Waals surface area contributed by atoms with Crippen LogP contribution in [0.5, 0.6) is 0 Å². The number of hydrogen-bond donors (Lipinski definition) is 2. The summed E-state index contributed by atoms with van der Waals surface area (Å²) in [7, 11) is 1.64. The Balaban J connectivity index is 2.26. The predicted octanol–water partition coefficient (Wildman–Crippen LogP) is -0.0809. The number of nitriles is 1. The fourth-order valence-electron chi connectivity index (χ4n) is 1.25. The summed E-state index contributed by atoms with van der Waals surface area (Å²) >= 11 is 0. The van der Waals surface area contributed by atoms with E-state index in [1.165, 1.54) is 12.3 Å². The standard InChI is InChI=1S/C12H16N4O2/c1-18-7-6-14-4-5-15-12(17)11-3-2-10(8-13)9-16-11/h2-3,9,14H,4-7H2,1H3,(H,15,17). The van der Waals surface area contributed by atoms with E-state index in [1.54, 1.807) is 13.2 Å². The van der Waals surface area contributed by atoms with Crippen molar-refractivity contribution in [1.82, 2.24) is 15.6 Å². The minimum absolute atomic E-state index is 0.243. The van der Waals surface area contributed by atoms with E-state index in [2.05, 4.69) is 15.6 Å². The smallest absolute Gasteiger partial charge is 0.269 e. The number of aromatic nitrogens is 1. The van der Waals surface area contributed by atoms with Crippen LogP contribution >= 0.6 is 0 Å². The third-order valence-corrected chi connectivity index (χ3v) is 2.20. The highest BCUT2D eigenvalue weighted by molar-refractivity contribution is 5.92. The lowest BCUT2D eigenvalue weighted by Gasteiger charge is -2.06. The Morgan fingerprint density at radius 2 is 2.28 bits per heavy atom. The number of carbonyl (C=O) groups is 1. The number of ether oxygens (including phenoxy) is 1. The molecule has 1 aromatic rings. The molecule has 0 fully saturated rings. The highest BCUT2D eigenvalue weighted by Crippen LogP contribution is 1.98. The number of carbonyl (C=O) groups excluding carboxylic acids is 1. The number of rotatable bonds is 7. The molecular formula is C12H16N4O2. The van der Waals surface area contributed by atoms with Gasteiger partial charge < -0.3 is 15.4 Å². The van der Waals surface area contributed by atoms with Crippen molar-refractivity contribution in [2.45, 2.75) is 0 Å². The maximum atomic E-state index is 11.6. The van der Waals surface area contributed by atoms with Crippen molar-refractivity contribution in [1.29, 1.82) is 5.26 Å². The van der Waals surface area contributed by atoms with E-state index in [0.29, 0.717) is 31.0 Å². The first-order valence-electron chi connectivity index (χ1n) is 5.62. The van der Waals surface area contributed by atoms with Crippen molar-refractivity contribution in [2.24, 2.45) is 0 Å². The average Bonchev–Trinajstić information content (AvgIpc) is 2.42. The fraction of sp³-hybridized carbons (Fsp3) is 0.417.